The molecule has 6 nitrogen and oxygen atoms in total. The molecule has 0 aliphatic carbocycles. The quantitative estimate of drug-likeness (QED) is 0.532. The monoisotopic (exact) mass is 291 g/mol. The molecule has 0 saturated heterocycles. The third-order valence-electron chi connectivity index (χ3n) is 2.82. The minimum absolute atomic E-state index is 0.147. The van der Waals surface area contributed by atoms with Crippen molar-refractivity contribution in [3.63, 3.8) is 0 Å². The minimum Gasteiger partial charge on any atom is -0.398 e. The SMILES string of the molecule is CN(Cc1ccsc1)C(=O)c1cc([N+](=O)[O-])ccc1N. The van der Waals surface area contributed by atoms with Gasteiger partial charge in [-0.25, -0.2) is 0 Å². The van der Waals surface area contributed by atoms with Gasteiger partial charge in [0, 0.05) is 31.4 Å². The van der Waals surface area contributed by atoms with E-state index in [1.54, 1.807) is 18.4 Å². The largest absolute Gasteiger partial charge is 0.398 e. The molecule has 1 aromatic carbocycles. The molecule has 0 atom stereocenters. The minimum atomic E-state index is -0.547. The zero-order chi connectivity index (χ0) is 14.7. The maximum atomic E-state index is 12.3. The standard InChI is InChI=1S/C13H13N3O3S/c1-15(7-9-4-5-20-8-9)13(17)11-6-10(16(18)19)2-3-12(11)14/h2-6,8H,7,14H2,1H3. The Hall–Kier alpha value is -2.41. The molecule has 2 N–H and O–H groups in total. The lowest BCUT2D eigenvalue weighted by Gasteiger charge is -2.17. The maximum Gasteiger partial charge on any atom is 0.270 e. The number of nitrogens with zero attached hydrogens (tertiary/aromatic N) is 2. The van der Waals surface area contributed by atoms with Crippen molar-refractivity contribution in [2.45, 2.75) is 6.54 Å². The van der Waals surface area contributed by atoms with Gasteiger partial charge in [-0.3, -0.25) is 14.9 Å². The van der Waals surface area contributed by atoms with Gasteiger partial charge in [-0.15, -0.1) is 0 Å². The first-order chi connectivity index (χ1) is 9.49. The van der Waals surface area contributed by atoms with E-state index in [-0.39, 0.29) is 22.8 Å². The van der Waals surface area contributed by atoms with Crippen LogP contribution in [-0.4, -0.2) is 22.8 Å². The summed E-state index contributed by atoms with van der Waals surface area (Å²) in [5.74, 6) is -0.336. The van der Waals surface area contributed by atoms with Crippen molar-refractivity contribution >= 4 is 28.6 Å². The molecule has 0 spiro atoms. The van der Waals surface area contributed by atoms with E-state index in [1.807, 2.05) is 16.8 Å². The summed E-state index contributed by atoms with van der Waals surface area (Å²) in [5, 5.41) is 14.6. The van der Waals surface area contributed by atoms with Crippen LogP contribution in [0.15, 0.2) is 35.0 Å². The van der Waals surface area contributed by atoms with Gasteiger partial charge in [0.25, 0.3) is 11.6 Å². The number of anilines is 1. The Balaban J connectivity index is 2.23. The Bertz CT molecular complexity index is 640. The molecule has 0 fully saturated rings. The lowest BCUT2D eigenvalue weighted by atomic mass is 10.1. The maximum absolute atomic E-state index is 12.3. The van der Waals surface area contributed by atoms with Gasteiger partial charge in [-0.1, -0.05) is 0 Å². The highest BCUT2D eigenvalue weighted by Crippen LogP contribution is 2.21. The molecule has 0 unspecified atom stereocenters. The Morgan fingerprint density at radius 2 is 2.20 bits per heavy atom. The molecule has 104 valence electrons. The van der Waals surface area contributed by atoms with Crippen LogP contribution in [0.1, 0.15) is 15.9 Å². The van der Waals surface area contributed by atoms with Crippen LogP contribution >= 0.6 is 11.3 Å². The molecule has 2 aromatic rings. The lowest BCUT2D eigenvalue weighted by molar-refractivity contribution is -0.384. The average molecular weight is 291 g/mol. The second kappa shape index (κ2) is 5.70. The first kappa shape index (κ1) is 14.0. The van der Waals surface area contributed by atoms with Gasteiger partial charge in [-0.2, -0.15) is 11.3 Å². The summed E-state index contributed by atoms with van der Waals surface area (Å²) in [6.07, 6.45) is 0. The first-order valence-electron chi connectivity index (χ1n) is 5.79. The average Bonchev–Trinajstić information content (AvgIpc) is 2.91. The van der Waals surface area contributed by atoms with Gasteiger partial charge in [-0.05, 0) is 28.5 Å². The summed E-state index contributed by atoms with van der Waals surface area (Å²) in [7, 11) is 1.64. The predicted molar refractivity (Wildman–Crippen MR) is 77.6 cm³/mol. The van der Waals surface area contributed by atoms with Crippen molar-refractivity contribution in [2.24, 2.45) is 0 Å². The van der Waals surface area contributed by atoms with Gasteiger partial charge < -0.3 is 10.6 Å². The normalized spacial score (nSPS) is 10.2. The number of hydrogen-bond donors (Lipinski definition) is 1. The van der Waals surface area contributed by atoms with E-state index in [0.717, 1.165) is 5.56 Å². The highest BCUT2D eigenvalue weighted by Gasteiger charge is 2.18. The molecule has 0 aliphatic rings. The third kappa shape index (κ3) is 2.94. The van der Waals surface area contributed by atoms with Crippen LogP contribution in [0.5, 0.6) is 0 Å². The second-order valence-electron chi connectivity index (χ2n) is 4.32. The highest BCUT2D eigenvalue weighted by molar-refractivity contribution is 7.07. The number of rotatable bonds is 4. The number of carbonyl (C=O) groups excluding carboxylic acids is 1. The van der Waals surface area contributed by atoms with E-state index in [4.69, 9.17) is 5.73 Å². The number of thiophene rings is 1. The number of benzene rings is 1. The molecule has 1 aromatic heterocycles. The van der Waals surface area contributed by atoms with Gasteiger partial charge in [0.15, 0.2) is 0 Å². The number of amides is 1. The summed E-state index contributed by atoms with van der Waals surface area (Å²) >= 11 is 1.55. The van der Waals surface area contributed by atoms with Gasteiger partial charge in [0.05, 0.1) is 10.5 Å². The summed E-state index contributed by atoms with van der Waals surface area (Å²) in [6, 6.07) is 5.79. The fraction of sp³-hybridized carbons (Fsp3) is 0.154. The topological polar surface area (TPSA) is 89.5 Å². The van der Waals surface area contributed by atoms with Gasteiger partial charge in [0.1, 0.15) is 0 Å². The summed E-state index contributed by atoms with van der Waals surface area (Å²) in [5.41, 5.74) is 6.98. The van der Waals surface area contributed by atoms with Crippen molar-refractivity contribution in [1.29, 1.82) is 0 Å². The van der Waals surface area contributed by atoms with E-state index in [9.17, 15) is 14.9 Å². The van der Waals surface area contributed by atoms with Crippen molar-refractivity contribution in [2.75, 3.05) is 12.8 Å². The number of nitrogens with two attached hydrogens (primary N) is 1. The van der Waals surface area contributed by atoms with Crippen molar-refractivity contribution < 1.29 is 9.72 Å². The summed E-state index contributed by atoms with van der Waals surface area (Å²) in [6.45, 7) is 0.435. The van der Waals surface area contributed by atoms with Crippen molar-refractivity contribution in [3.8, 4) is 0 Å². The molecule has 2 rings (SSSR count). The Morgan fingerprint density at radius 3 is 2.80 bits per heavy atom. The zero-order valence-electron chi connectivity index (χ0n) is 10.8. The molecule has 0 radical (unpaired) electrons. The van der Waals surface area contributed by atoms with Crippen LogP contribution in [0.25, 0.3) is 0 Å². The predicted octanol–water partition coefficient (Wildman–Crippen LogP) is 2.51. The van der Waals surface area contributed by atoms with Crippen LogP contribution < -0.4 is 5.73 Å². The number of carbonyl (C=O) groups is 1. The fourth-order valence-electron chi connectivity index (χ4n) is 1.78. The molecule has 20 heavy (non-hydrogen) atoms. The van der Waals surface area contributed by atoms with Crippen LogP contribution in [0.3, 0.4) is 0 Å². The van der Waals surface area contributed by atoms with E-state index >= 15 is 0 Å². The Morgan fingerprint density at radius 1 is 1.45 bits per heavy atom. The zero-order valence-corrected chi connectivity index (χ0v) is 11.6. The van der Waals surface area contributed by atoms with Crippen LogP contribution in [0.2, 0.25) is 0 Å². The Labute approximate surface area is 119 Å². The van der Waals surface area contributed by atoms with Crippen molar-refractivity contribution in [3.05, 3.63) is 56.3 Å². The highest BCUT2D eigenvalue weighted by atomic mass is 32.1. The summed E-state index contributed by atoms with van der Waals surface area (Å²) in [4.78, 5) is 24.0. The number of non-ortho nitro benzene ring substituents is 1. The molecule has 1 amide bonds. The molecule has 0 saturated carbocycles. The summed E-state index contributed by atoms with van der Waals surface area (Å²) < 4.78 is 0. The molecular formula is C13H13N3O3S. The van der Waals surface area contributed by atoms with E-state index in [0.29, 0.717) is 6.54 Å². The first-order valence-corrected chi connectivity index (χ1v) is 6.74. The lowest BCUT2D eigenvalue weighted by Crippen LogP contribution is -2.26. The third-order valence-corrected chi connectivity index (χ3v) is 3.56. The number of hydrogen-bond acceptors (Lipinski definition) is 5. The van der Waals surface area contributed by atoms with Crippen LogP contribution in [0.4, 0.5) is 11.4 Å². The number of nitro groups is 1. The second-order valence-corrected chi connectivity index (χ2v) is 5.10. The van der Waals surface area contributed by atoms with E-state index in [1.165, 1.54) is 23.1 Å². The van der Waals surface area contributed by atoms with E-state index < -0.39 is 4.92 Å². The molecule has 0 bridgehead atoms. The van der Waals surface area contributed by atoms with Gasteiger partial charge in [0.2, 0.25) is 0 Å². The van der Waals surface area contributed by atoms with Gasteiger partial charge >= 0.3 is 0 Å². The van der Waals surface area contributed by atoms with E-state index in [2.05, 4.69) is 0 Å². The molecule has 1 heterocycles. The Kier molecular flexibility index (Phi) is 3.99. The number of nitrogen functional groups attached to an aromatic ring is 1. The molecule has 0 aliphatic heterocycles. The number of nitro benzene ring substituents is 1. The fourth-order valence-corrected chi connectivity index (χ4v) is 2.44. The van der Waals surface area contributed by atoms with Crippen LogP contribution in [-0.2, 0) is 6.54 Å². The molecular weight excluding hydrogens is 278 g/mol. The van der Waals surface area contributed by atoms with Crippen molar-refractivity contribution in [1.82, 2.24) is 4.90 Å². The van der Waals surface area contributed by atoms with Crippen LogP contribution in [0, 0.1) is 10.1 Å². The molecule has 7 heteroatoms. The smallest absolute Gasteiger partial charge is 0.270 e.